The average Bonchev–Trinajstić information content (AvgIpc) is 2.55. The molecule has 0 fully saturated rings. The lowest BCUT2D eigenvalue weighted by molar-refractivity contribution is -0.123. The Morgan fingerprint density at radius 2 is 1.80 bits per heavy atom. The van der Waals surface area contributed by atoms with E-state index in [1.807, 2.05) is 26.0 Å². The molecule has 0 saturated heterocycles. The number of anilines is 1. The minimum absolute atomic E-state index is 0.165. The van der Waals surface area contributed by atoms with Crippen molar-refractivity contribution in [2.45, 2.75) is 13.8 Å². The van der Waals surface area contributed by atoms with Gasteiger partial charge in [0.1, 0.15) is 5.75 Å². The lowest BCUT2D eigenvalue weighted by Crippen LogP contribution is -2.45. The van der Waals surface area contributed by atoms with Crippen LogP contribution in [0.1, 0.15) is 11.1 Å². The van der Waals surface area contributed by atoms with Gasteiger partial charge in [-0.3, -0.25) is 15.6 Å². The third kappa shape index (κ3) is 6.08. The van der Waals surface area contributed by atoms with Gasteiger partial charge < -0.3 is 10.1 Å². The highest BCUT2D eigenvalue weighted by atomic mass is 35.5. The molecular formula is C17H17Cl2N3O2S. The molecule has 8 heteroatoms. The van der Waals surface area contributed by atoms with Gasteiger partial charge in [0.15, 0.2) is 11.7 Å². The predicted octanol–water partition coefficient (Wildman–Crippen LogP) is 4.01. The number of thiocarbonyl (C=S) groups is 1. The van der Waals surface area contributed by atoms with Crippen molar-refractivity contribution in [3.63, 3.8) is 0 Å². The Labute approximate surface area is 161 Å². The maximum absolute atomic E-state index is 11.8. The van der Waals surface area contributed by atoms with Gasteiger partial charge in [0.2, 0.25) is 0 Å². The van der Waals surface area contributed by atoms with Crippen LogP contribution in [0.4, 0.5) is 5.69 Å². The fourth-order valence-corrected chi connectivity index (χ4v) is 2.71. The third-order valence-corrected chi connectivity index (χ3v) is 3.92. The first kappa shape index (κ1) is 19.3. The number of hydrogen-bond donors (Lipinski definition) is 3. The molecule has 0 spiro atoms. The molecule has 0 atom stereocenters. The molecule has 2 rings (SSSR count). The van der Waals surface area contributed by atoms with E-state index in [0.29, 0.717) is 21.5 Å². The smallest absolute Gasteiger partial charge is 0.276 e. The summed E-state index contributed by atoms with van der Waals surface area (Å²) in [6.45, 7) is 3.71. The molecule has 0 radical (unpaired) electrons. The molecule has 0 saturated carbocycles. The van der Waals surface area contributed by atoms with Crippen LogP contribution in [0.5, 0.6) is 5.75 Å². The number of ether oxygens (including phenoxy) is 1. The van der Waals surface area contributed by atoms with Crippen LogP contribution in [0.15, 0.2) is 36.4 Å². The van der Waals surface area contributed by atoms with Crippen LogP contribution in [-0.4, -0.2) is 17.6 Å². The fraction of sp³-hybridized carbons (Fsp3) is 0.176. The van der Waals surface area contributed by atoms with Crippen molar-refractivity contribution < 1.29 is 9.53 Å². The van der Waals surface area contributed by atoms with Crippen molar-refractivity contribution in [2.75, 3.05) is 11.9 Å². The van der Waals surface area contributed by atoms with Crippen molar-refractivity contribution in [1.29, 1.82) is 0 Å². The first-order valence-electron chi connectivity index (χ1n) is 7.36. The first-order valence-corrected chi connectivity index (χ1v) is 8.52. The molecule has 2 aromatic rings. The molecule has 0 aromatic heterocycles. The molecule has 132 valence electrons. The number of rotatable bonds is 4. The normalized spacial score (nSPS) is 10.1. The lowest BCUT2D eigenvalue weighted by Gasteiger charge is -2.15. The Balaban J connectivity index is 1.79. The number of carbonyl (C=O) groups is 1. The summed E-state index contributed by atoms with van der Waals surface area (Å²) >= 11 is 17.1. The topological polar surface area (TPSA) is 62.4 Å². The zero-order chi connectivity index (χ0) is 18.4. The number of benzene rings is 2. The van der Waals surface area contributed by atoms with E-state index in [4.69, 9.17) is 40.2 Å². The zero-order valence-corrected chi connectivity index (χ0v) is 16.0. The highest BCUT2D eigenvalue weighted by Gasteiger charge is 2.08. The van der Waals surface area contributed by atoms with Crippen LogP contribution in [0.3, 0.4) is 0 Å². The second-order valence-corrected chi connectivity index (χ2v) is 6.56. The van der Waals surface area contributed by atoms with E-state index in [9.17, 15) is 4.79 Å². The maximum Gasteiger partial charge on any atom is 0.276 e. The number of aryl methyl sites for hydroxylation is 2. The summed E-state index contributed by atoms with van der Waals surface area (Å²) in [6.07, 6.45) is 0. The van der Waals surface area contributed by atoms with Crippen molar-refractivity contribution in [3.8, 4) is 5.75 Å². The van der Waals surface area contributed by atoms with E-state index in [1.165, 1.54) is 0 Å². The number of carbonyl (C=O) groups excluding carboxylic acids is 1. The molecular weight excluding hydrogens is 381 g/mol. The average molecular weight is 398 g/mol. The summed E-state index contributed by atoms with van der Waals surface area (Å²) in [5.74, 6) is 0.160. The quantitative estimate of drug-likeness (QED) is 0.537. The predicted molar refractivity (Wildman–Crippen MR) is 105 cm³/mol. The zero-order valence-electron chi connectivity index (χ0n) is 13.7. The largest absolute Gasteiger partial charge is 0.484 e. The first-order chi connectivity index (χ1) is 11.8. The van der Waals surface area contributed by atoms with Gasteiger partial charge in [0.25, 0.3) is 5.91 Å². The molecule has 0 unspecified atom stereocenters. The van der Waals surface area contributed by atoms with Crippen molar-refractivity contribution in [3.05, 3.63) is 57.6 Å². The maximum atomic E-state index is 11.8. The van der Waals surface area contributed by atoms with E-state index in [1.54, 1.807) is 24.3 Å². The van der Waals surface area contributed by atoms with Gasteiger partial charge >= 0.3 is 0 Å². The molecule has 3 N–H and O–H groups in total. The summed E-state index contributed by atoms with van der Waals surface area (Å²) in [5.41, 5.74) is 7.75. The molecule has 0 aliphatic rings. The number of hydrazine groups is 1. The van der Waals surface area contributed by atoms with Gasteiger partial charge in [-0.05, 0) is 67.5 Å². The van der Waals surface area contributed by atoms with E-state index in [0.717, 1.165) is 11.1 Å². The Morgan fingerprint density at radius 3 is 2.44 bits per heavy atom. The van der Waals surface area contributed by atoms with Crippen LogP contribution in [0.2, 0.25) is 10.0 Å². The van der Waals surface area contributed by atoms with Crippen LogP contribution in [0, 0.1) is 13.8 Å². The monoisotopic (exact) mass is 397 g/mol. The van der Waals surface area contributed by atoms with E-state index in [-0.39, 0.29) is 17.6 Å². The fourth-order valence-electron chi connectivity index (χ4n) is 2.06. The minimum Gasteiger partial charge on any atom is -0.484 e. The second-order valence-electron chi connectivity index (χ2n) is 5.31. The van der Waals surface area contributed by atoms with Crippen molar-refractivity contribution >= 4 is 52.1 Å². The van der Waals surface area contributed by atoms with E-state index in [2.05, 4.69) is 16.2 Å². The Morgan fingerprint density at radius 1 is 1.12 bits per heavy atom. The van der Waals surface area contributed by atoms with Gasteiger partial charge in [0, 0.05) is 5.02 Å². The Bertz CT molecular complexity index is 759. The van der Waals surface area contributed by atoms with Crippen molar-refractivity contribution in [1.82, 2.24) is 10.9 Å². The molecule has 1 amide bonds. The van der Waals surface area contributed by atoms with Crippen LogP contribution < -0.4 is 20.9 Å². The number of nitrogens with one attached hydrogen (secondary N) is 3. The SMILES string of the molecule is Cc1cc(C)c(NC(=S)NNC(=O)COc2ccc(Cl)cc2)c(Cl)c1. The van der Waals surface area contributed by atoms with Crippen LogP contribution in [0.25, 0.3) is 0 Å². The third-order valence-electron chi connectivity index (χ3n) is 3.17. The molecule has 25 heavy (non-hydrogen) atoms. The number of hydrogen-bond acceptors (Lipinski definition) is 3. The second kappa shape index (κ2) is 8.89. The molecule has 5 nitrogen and oxygen atoms in total. The Kier molecular flexibility index (Phi) is 6.87. The van der Waals surface area contributed by atoms with Gasteiger partial charge in [-0.15, -0.1) is 0 Å². The highest BCUT2D eigenvalue weighted by molar-refractivity contribution is 7.80. The summed E-state index contributed by atoms with van der Waals surface area (Å²) in [7, 11) is 0. The Hall–Kier alpha value is -2.02. The van der Waals surface area contributed by atoms with Gasteiger partial charge in [-0.1, -0.05) is 29.3 Å². The van der Waals surface area contributed by atoms with Crippen LogP contribution in [-0.2, 0) is 4.79 Å². The van der Waals surface area contributed by atoms with Gasteiger partial charge in [0.05, 0.1) is 10.7 Å². The summed E-state index contributed by atoms with van der Waals surface area (Å²) in [5, 5.41) is 4.33. The minimum atomic E-state index is -0.383. The number of amides is 1. The molecule has 0 bridgehead atoms. The van der Waals surface area contributed by atoms with E-state index >= 15 is 0 Å². The molecule has 0 aliphatic heterocycles. The standard InChI is InChI=1S/C17H17Cl2N3O2S/c1-10-7-11(2)16(14(19)8-10)20-17(25)22-21-15(23)9-24-13-5-3-12(18)4-6-13/h3-8H,9H2,1-2H3,(H,21,23)(H2,20,22,25). The molecule has 0 aliphatic carbocycles. The van der Waals surface area contributed by atoms with Crippen molar-refractivity contribution in [2.24, 2.45) is 0 Å². The molecule has 0 heterocycles. The number of halogens is 2. The summed E-state index contributed by atoms with van der Waals surface area (Å²) < 4.78 is 5.33. The summed E-state index contributed by atoms with van der Waals surface area (Å²) in [6, 6.07) is 10.5. The van der Waals surface area contributed by atoms with Gasteiger partial charge in [-0.25, -0.2) is 0 Å². The summed E-state index contributed by atoms with van der Waals surface area (Å²) in [4.78, 5) is 11.8. The highest BCUT2D eigenvalue weighted by Crippen LogP contribution is 2.27. The lowest BCUT2D eigenvalue weighted by atomic mass is 10.1. The van der Waals surface area contributed by atoms with Gasteiger partial charge in [-0.2, -0.15) is 0 Å². The molecule has 2 aromatic carbocycles. The van der Waals surface area contributed by atoms with E-state index < -0.39 is 0 Å². The van der Waals surface area contributed by atoms with Crippen LogP contribution >= 0.6 is 35.4 Å².